The summed E-state index contributed by atoms with van der Waals surface area (Å²) in [4.78, 5) is 2.55. The van der Waals surface area contributed by atoms with Crippen LogP contribution >= 0.6 is 0 Å². The quantitative estimate of drug-likeness (QED) is 0.885. The van der Waals surface area contributed by atoms with E-state index in [1.165, 1.54) is 37.9 Å². The van der Waals surface area contributed by atoms with Crippen LogP contribution in [0.15, 0.2) is 10.5 Å². The fourth-order valence-electron chi connectivity index (χ4n) is 3.04. The summed E-state index contributed by atoms with van der Waals surface area (Å²) in [6, 6.07) is 2.22. The van der Waals surface area contributed by atoms with Gasteiger partial charge in [0.1, 0.15) is 11.5 Å². The van der Waals surface area contributed by atoms with Gasteiger partial charge in [0.25, 0.3) is 0 Å². The van der Waals surface area contributed by atoms with Gasteiger partial charge in [0, 0.05) is 12.1 Å². The van der Waals surface area contributed by atoms with Gasteiger partial charge < -0.3 is 9.73 Å². The van der Waals surface area contributed by atoms with Crippen LogP contribution in [0.25, 0.3) is 0 Å². The zero-order valence-electron chi connectivity index (χ0n) is 14.5. The van der Waals surface area contributed by atoms with Crippen molar-refractivity contribution in [2.75, 3.05) is 13.1 Å². The fourth-order valence-corrected chi connectivity index (χ4v) is 3.04. The van der Waals surface area contributed by atoms with Gasteiger partial charge in [-0.15, -0.1) is 0 Å². The van der Waals surface area contributed by atoms with E-state index in [1.807, 2.05) is 0 Å². The first-order chi connectivity index (χ1) is 9.87. The highest BCUT2D eigenvalue weighted by atomic mass is 16.3. The number of piperidine rings is 1. The van der Waals surface area contributed by atoms with Gasteiger partial charge in [0.05, 0.1) is 13.1 Å². The summed E-state index contributed by atoms with van der Waals surface area (Å²) >= 11 is 0. The van der Waals surface area contributed by atoms with Gasteiger partial charge in [-0.05, 0) is 64.6 Å². The van der Waals surface area contributed by atoms with E-state index < -0.39 is 0 Å². The molecule has 3 heteroatoms. The van der Waals surface area contributed by atoms with Crippen LogP contribution in [0.5, 0.6) is 0 Å². The maximum Gasteiger partial charge on any atom is 0.120 e. The lowest BCUT2D eigenvalue weighted by molar-refractivity contribution is 0.153. The van der Waals surface area contributed by atoms with Crippen LogP contribution in [0.3, 0.4) is 0 Å². The normalized spacial score (nSPS) is 20.9. The highest BCUT2D eigenvalue weighted by molar-refractivity contribution is 5.20. The van der Waals surface area contributed by atoms with Crippen LogP contribution in [0.4, 0.5) is 0 Å². The summed E-state index contributed by atoms with van der Waals surface area (Å²) in [6.07, 6.45) is 4.02. The zero-order chi connectivity index (χ0) is 15.5. The van der Waals surface area contributed by atoms with E-state index in [0.717, 1.165) is 30.5 Å². The molecule has 1 aliphatic rings. The van der Waals surface area contributed by atoms with Crippen molar-refractivity contribution >= 4 is 0 Å². The van der Waals surface area contributed by atoms with E-state index in [0.29, 0.717) is 0 Å². The molecule has 1 aromatic rings. The highest BCUT2D eigenvalue weighted by Crippen LogP contribution is 2.23. The zero-order valence-corrected chi connectivity index (χ0v) is 14.5. The SMILES string of the molecule is CCC1CCCN(Cc2cc(C)c(CNC(C)(C)C)o2)C1. The van der Waals surface area contributed by atoms with Gasteiger partial charge >= 0.3 is 0 Å². The Morgan fingerprint density at radius 2 is 2.14 bits per heavy atom. The third-order valence-electron chi connectivity index (χ3n) is 4.41. The number of rotatable bonds is 5. The van der Waals surface area contributed by atoms with E-state index in [-0.39, 0.29) is 5.54 Å². The summed E-state index contributed by atoms with van der Waals surface area (Å²) in [5.41, 5.74) is 1.39. The maximum absolute atomic E-state index is 6.08. The first kappa shape index (κ1) is 16.6. The van der Waals surface area contributed by atoms with Crippen LogP contribution in [-0.2, 0) is 13.1 Å². The van der Waals surface area contributed by atoms with Crippen molar-refractivity contribution in [3.8, 4) is 0 Å². The molecule has 1 aromatic heterocycles. The molecular weight excluding hydrogens is 260 g/mol. The first-order valence-electron chi connectivity index (χ1n) is 8.43. The van der Waals surface area contributed by atoms with Crippen molar-refractivity contribution in [2.24, 2.45) is 5.92 Å². The largest absolute Gasteiger partial charge is 0.463 e. The molecule has 1 fully saturated rings. The van der Waals surface area contributed by atoms with Crippen molar-refractivity contribution in [3.05, 3.63) is 23.2 Å². The predicted molar refractivity (Wildman–Crippen MR) is 88.3 cm³/mol. The molecule has 0 aliphatic carbocycles. The van der Waals surface area contributed by atoms with Crippen molar-refractivity contribution in [1.82, 2.24) is 10.2 Å². The van der Waals surface area contributed by atoms with E-state index in [4.69, 9.17) is 4.42 Å². The number of aryl methyl sites for hydroxylation is 1. The van der Waals surface area contributed by atoms with Crippen molar-refractivity contribution in [3.63, 3.8) is 0 Å². The lowest BCUT2D eigenvalue weighted by Crippen LogP contribution is -2.35. The molecule has 0 aromatic carbocycles. The number of nitrogens with zero attached hydrogens (tertiary/aromatic N) is 1. The van der Waals surface area contributed by atoms with E-state index in [2.05, 4.69) is 50.9 Å². The molecule has 1 saturated heterocycles. The second-order valence-electron chi connectivity index (χ2n) is 7.57. The number of hydrogen-bond acceptors (Lipinski definition) is 3. The minimum absolute atomic E-state index is 0.126. The molecule has 0 amide bonds. The summed E-state index contributed by atoms with van der Waals surface area (Å²) in [5, 5.41) is 3.50. The van der Waals surface area contributed by atoms with Crippen LogP contribution in [0.1, 0.15) is 64.0 Å². The monoisotopic (exact) mass is 292 g/mol. The molecule has 0 bridgehead atoms. The molecule has 1 N–H and O–H groups in total. The second kappa shape index (κ2) is 6.97. The molecule has 0 radical (unpaired) electrons. The lowest BCUT2D eigenvalue weighted by atomic mass is 9.96. The van der Waals surface area contributed by atoms with E-state index in [1.54, 1.807) is 0 Å². The molecule has 21 heavy (non-hydrogen) atoms. The van der Waals surface area contributed by atoms with Crippen LogP contribution in [0.2, 0.25) is 0 Å². The Balaban J connectivity index is 1.92. The standard InChI is InChI=1S/C18H32N2O/c1-6-15-8-7-9-20(12-15)13-16-10-14(2)17(21-16)11-19-18(3,4)5/h10,15,19H,6-9,11-13H2,1-5H3. The predicted octanol–water partition coefficient (Wildman–Crippen LogP) is 4.10. The van der Waals surface area contributed by atoms with Gasteiger partial charge in [0.2, 0.25) is 0 Å². The molecule has 1 aliphatic heterocycles. The Hall–Kier alpha value is -0.800. The molecule has 3 nitrogen and oxygen atoms in total. The van der Waals surface area contributed by atoms with Crippen molar-refractivity contribution in [2.45, 2.75) is 72.5 Å². The molecule has 2 heterocycles. The average Bonchev–Trinajstić information content (AvgIpc) is 2.76. The number of nitrogens with one attached hydrogen (secondary N) is 1. The van der Waals surface area contributed by atoms with Gasteiger partial charge in [-0.3, -0.25) is 4.90 Å². The molecule has 2 rings (SSSR count). The van der Waals surface area contributed by atoms with Crippen LogP contribution in [0, 0.1) is 12.8 Å². The average molecular weight is 292 g/mol. The number of furan rings is 1. The Labute approximate surface area is 130 Å². The second-order valence-corrected chi connectivity index (χ2v) is 7.57. The Bertz CT molecular complexity index is 445. The smallest absolute Gasteiger partial charge is 0.120 e. The minimum atomic E-state index is 0.126. The lowest BCUT2D eigenvalue weighted by Gasteiger charge is -2.31. The van der Waals surface area contributed by atoms with Crippen molar-refractivity contribution < 1.29 is 4.42 Å². The fraction of sp³-hybridized carbons (Fsp3) is 0.778. The molecular formula is C18H32N2O. The first-order valence-corrected chi connectivity index (χ1v) is 8.43. The van der Waals surface area contributed by atoms with Crippen molar-refractivity contribution in [1.29, 1.82) is 0 Å². The molecule has 1 atom stereocenters. The van der Waals surface area contributed by atoms with Crippen LogP contribution < -0.4 is 5.32 Å². The third kappa shape index (κ3) is 5.15. The Morgan fingerprint density at radius 1 is 1.38 bits per heavy atom. The maximum atomic E-state index is 6.08. The number of hydrogen-bond donors (Lipinski definition) is 1. The highest BCUT2D eigenvalue weighted by Gasteiger charge is 2.20. The van der Waals surface area contributed by atoms with E-state index in [9.17, 15) is 0 Å². The summed E-state index contributed by atoms with van der Waals surface area (Å²) in [5.74, 6) is 3.08. The van der Waals surface area contributed by atoms with Gasteiger partial charge in [-0.2, -0.15) is 0 Å². The topological polar surface area (TPSA) is 28.4 Å². The van der Waals surface area contributed by atoms with Gasteiger partial charge in [-0.25, -0.2) is 0 Å². The third-order valence-corrected chi connectivity index (χ3v) is 4.41. The minimum Gasteiger partial charge on any atom is -0.463 e. The summed E-state index contributed by atoms with van der Waals surface area (Å²) < 4.78 is 6.08. The Kier molecular flexibility index (Phi) is 5.50. The summed E-state index contributed by atoms with van der Waals surface area (Å²) in [6.45, 7) is 15.2. The van der Waals surface area contributed by atoms with Gasteiger partial charge in [-0.1, -0.05) is 13.3 Å². The molecule has 0 saturated carbocycles. The molecule has 120 valence electrons. The van der Waals surface area contributed by atoms with Crippen LogP contribution in [-0.4, -0.2) is 23.5 Å². The Morgan fingerprint density at radius 3 is 2.81 bits per heavy atom. The molecule has 0 spiro atoms. The van der Waals surface area contributed by atoms with Gasteiger partial charge in [0.15, 0.2) is 0 Å². The molecule has 1 unspecified atom stereocenters. The summed E-state index contributed by atoms with van der Waals surface area (Å²) in [7, 11) is 0. The van der Waals surface area contributed by atoms with E-state index >= 15 is 0 Å². The number of likely N-dealkylation sites (tertiary alicyclic amines) is 1.